The van der Waals surface area contributed by atoms with E-state index in [0.29, 0.717) is 17.0 Å². The number of hydrogen-bond donors (Lipinski definition) is 2. The molecule has 33 heavy (non-hydrogen) atoms. The Balaban J connectivity index is 1.54. The number of nitrogens with one attached hydrogen (secondary N) is 2. The van der Waals surface area contributed by atoms with Gasteiger partial charge >= 0.3 is 0 Å². The second-order valence-electron chi connectivity index (χ2n) is 9.18. The normalized spacial score (nSPS) is 17.5. The summed E-state index contributed by atoms with van der Waals surface area (Å²) >= 11 is 0. The van der Waals surface area contributed by atoms with Gasteiger partial charge in [0.15, 0.2) is 0 Å². The largest absolute Gasteiger partial charge is 0.353 e. The number of rotatable bonds is 2. The summed E-state index contributed by atoms with van der Waals surface area (Å²) in [6.07, 6.45) is 7.53. The summed E-state index contributed by atoms with van der Waals surface area (Å²) in [7, 11) is 0. The number of aromatic nitrogens is 2. The maximum Gasteiger partial charge on any atom is 0.283 e. The fraction of sp³-hybridized carbons (Fsp3) is 0.222. The fourth-order valence-corrected chi connectivity index (χ4v) is 5.71. The van der Waals surface area contributed by atoms with Crippen molar-refractivity contribution in [2.45, 2.75) is 32.1 Å². The summed E-state index contributed by atoms with van der Waals surface area (Å²) < 4.78 is 0. The van der Waals surface area contributed by atoms with Crippen LogP contribution in [0.3, 0.4) is 0 Å². The molecule has 0 bridgehead atoms. The lowest BCUT2D eigenvalue weighted by molar-refractivity contribution is 0.0660. The predicted octanol–water partition coefficient (Wildman–Crippen LogP) is 6.12. The van der Waals surface area contributed by atoms with Crippen LogP contribution in [0.1, 0.15) is 52.8 Å². The van der Waals surface area contributed by atoms with E-state index in [1.165, 1.54) is 19.3 Å². The molecule has 6 nitrogen and oxygen atoms in total. The first-order valence-electron chi connectivity index (χ1n) is 11.6. The number of amides is 2. The van der Waals surface area contributed by atoms with Crippen molar-refractivity contribution >= 4 is 61.6 Å². The van der Waals surface area contributed by atoms with Crippen LogP contribution in [-0.2, 0) is 0 Å². The van der Waals surface area contributed by atoms with Gasteiger partial charge in [-0.2, -0.15) is 10.1 Å². The second kappa shape index (κ2) is 6.78. The van der Waals surface area contributed by atoms with Crippen LogP contribution in [0, 0.1) is 5.92 Å². The van der Waals surface area contributed by atoms with Crippen LogP contribution in [0.4, 0.5) is 0 Å². The highest BCUT2D eigenvalue weighted by atomic mass is 16.2. The second-order valence-corrected chi connectivity index (χ2v) is 9.18. The number of hydrogen-bond acceptors (Lipinski definition) is 3. The molecule has 1 fully saturated rings. The molecule has 2 amide bonds. The van der Waals surface area contributed by atoms with Crippen LogP contribution in [0.25, 0.3) is 43.6 Å². The Bertz CT molecular complexity index is 1540. The van der Waals surface area contributed by atoms with Gasteiger partial charge in [-0.25, -0.2) is 0 Å². The van der Waals surface area contributed by atoms with E-state index < -0.39 is 0 Å². The van der Waals surface area contributed by atoms with Crippen molar-refractivity contribution in [3.63, 3.8) is 0 Å². The number of benzene rings is 3. The van der Waals surface area contributed by atoms with Gasteiger partial charge in [-0.1, -0.05) is 55.7 Å². The standard InChI is InChI=1S/C27H22N4O2/c32-26-22-20-16-10-4-6-12-18(16)29-24(20)25-21(17-11-5-7-13-19(17)30-25)23(22)27(33)31(26)28-14-15-8-2-1-3-9-15/h4-7,10-15,29-30H,1-3,8-9H2/b28-14+. The van der Waals surface area contributed by atoms with E-state index in [2.05, 4.69) is 15.1 Å². The maximum atomic E-state index is 13.7. The van der Waals surface area contributed by atoms with Gasteiger partial charge in [0.2, 0.25) is 0 Å². The Morgan fingerprint density at radius 3 is 1.82 bits per heavy atom. The van der Waals surface area contributed by atoms with Gasteiger partial charge in [-0.3, -0.25) is 9.59 Å². The topological polar surface area (TPSA) is 81.3 Å². The van der Waals surface area contributed by atoms with Gasteiger partial charge in [0.25, 0.3) is 11.8 Å². The number of carbonyl (C=O) groups excluding carboxylic acids is 2. The van der Waals surface area contributed by atoms with Crippen molar-refractivity contribution in [2.24, 2.45) is 11.0 Å². The lowest BCUT2D eigenvalue weighted by Crippen LogP contribution is -2.25. The van der Waals surface area contributed by atoms with Crippen molar-refractivity contribution in [1.82, 2.24) is 15.0 Å². The number of nitrogens with zero attached hydrogens (tertiary/aromatic N) is 2. The van der Waals surface area contributed by atoms with E-state index in [9.17, 15) is 9.59 Å². The fourth-order valence-electron chi connectivity index (χ4n) is 5.71. The molecule has 2 aliphatic rings. The highest BCUT2D eigenvalue weighted by molar-refractivity contribution is 6.39. The number of fused-ring (bicyclic) bond motifs is 10. The first-order valence-corrected chi connectivity index (χ1v) is 11.6. The Labute approximate surface area is 189 Å². The maximum absolute atomic E-state index is 13.7. The monoisotopic (exact) mass is 434 g/mol. The number of H-pyrrole nitrogens is 2. The Morgan fingerprint density at radius 2 is 1.27 bits per heavy atom. The van der Waals surface area contributed by atoms with Gasteiger partial charge in [-0.05, 0) is 30.9 Å². The molecule has 3 aromatic carbocycles. The zero-order chi connectivity index (χ0) is 22.1. The van der Waals surface area contributed by atoms with Crippen LogP contribution in [0.15, 0.2) is 53.6 Å². The molecular weight excluding hydrogens is 412 g/mol. The average molecular weight is 434 g/mol. The average Bonchev–Trinajstić information content (AvgIpc) is 3.49. The summed E-state index contributed by atoms with van der Waals surface area (Å²) in [5, 5.41) is 8.98. The Hall–Kier alpha value is -3.93. The van der Waals surface area contributed by atoms with Gasteiger partial charge in [-0.15, -0.1) is 0 Å². The van der Waals surface area contributed by atoms with Gasteiger partial charge in [0.1, 0.15) is 0 Å². The third-order valence-electron chi connectivity index (χ3n) is 7.27. The summed E-state index contributed by atoms with van der Waals surface area (Å²) in [4.78, 5) is 34.4. The molecule has 6 heteroatoms. The molecule has 1 aliphatic carbocycles. The van der Waals surface area contributed by atoms with E-state index in [4.69, 9.17) is 0 Å². The van der Waals surface area contributed by atoms with Crippen molar-refractivity contribution in [3.8, 4) is 0 Å². The molecule has 3 heterocycles. The number of carbonyl (C=O) groups is 2. The molecule has 0 unspecified atom stereocenters. The van der Waals surface area contributed by atoms with Crippen molar-refractivity contribution < 1.29 is 9.59 Å². The third kappa shape index (κ3) is 2.52. The molecular formula is C27H22N4O2. The predicted molar refractivity (Wildman–Crippen MR) is 131 cm³/mol. The third-order valence-corrected chi connectivity index (χ3v) is 7.27. The minimum Gasteiger partial charge on any atom is -0.353 e. The van der Waals surface area contributed by atoms with E-state index in [0.717, 1.165) is 61.5 Å². The van der Waals surface area contributed by atoms with Crippen molar-refractivity contribution in [2.75, 3.05) is 0 Å². The number of hydrazone groups is 1. The number of para-hydroxylation sites is 2. The SMILES string of the molecule is O=C1c2c(c3c4ccccc4[nH]c3c3[nH]c4ccccc4c23)C(=O)N1/N=C/C1CCCCC1. The molecule has 7 rings (SSSR count). The van der Waals surface area contributed by atoms with Crippen LogP contribution in [0.2, 0.25) is 0 Å². The van der Waals surface area contributed by atoms with E-state index in [1.807, 2.05) is 54.7 Å². The quantitative estimate of drug-likeness (QED) is 0.259. The van der Waals surface area contributed by atoms with Crippen molar-refractivity contribution in [1.29, 1.82) is 0 Å². The molecule has 162 valence electrons. The van der Waals surface area contributed by atoms with Gasteiger partial charge in [0, 0.05) is 38.8 Å². The van der Waals surface area contributed by atoms with E-state index >= 15 is 0 Å². The van der Waals surface area contributed by atoms with Gasteiger partial charge in [0.05, 0.1) is 22.2 Å². The molecule has 2 N–H and O–H groups in total. The van der Waals surface area contributed by atoms with Crippen LogP contribution in [0.5, 0.6) is 0 Å². The summed E-state index contributed by atoms with van der Waals surface area (Å²) in [5.74, 6) is -0.364. The van der Waals surface area contributed by atoms with Crippen LogP contribution in [-0.4, -0.2) is 33.0 Å². The molecule has 0 atom stereocenters. The zero-order valence-corrected chi connectivity index (χ0v) is 18.0. The summed E-state index contributed by atoms with van der Waals surface area (Å²) in [5.41, 5.74) is 4.47. The highest BCUT2D eigenvalue weighted by Gasteiger charge is 2.41. The number of aromatic amines is 2. The molecule has 1 aliphatic heterocycles. The lowest BCUT2D eigenvalue weighted by Gasteiger charge is -2.17. The molecule has 1 saturated carbocycles. The number of imide groups is 1. The molecule has 0 spiro atoms. The first kappa shape index (κ1) is 18.6. The van der Waals surface area contributed by atoms with Crippen molar-refractivity contribution in [3.05, 3.63) is 59.7 Å². The minimum atomic E-state index is -0.344. The summed E-state index contributed by atoms with van der Waals surface area (Å²) in [6.45, 7) is 0. The molecule has 0 saturated heterocycles. The molecule has 5 aromatic rings. The zero-order valence-electron chi connectivity index (χ0n) is 18.0. The first-order chi connectivity index (χ1) is 16.2. The Morgan fingerprint density at radius 1 is 0.758 bits per heavy atom. The lowest BCUT2D eigenvalue weighted by atomic mass is 9.90. The van der Waals surface area contributed by atoms with Crippen LogP contribution < -0.4 is 0 Å². The molecule has 2 aromatic heterocycles. The summed E-state index contributed by atoms with van der Waals surface area (Å²) in [6, 6.07) is 15.8. The highest BCUT2D eigenvalue weighted by Crippen LogP contribution is 2.43. The van der Waals surface area contributed by atoms with E-state index in [-0.39, 0.29) is 11.8 Å². The minimum absolute atomic E-state index is 0.323. The Kier molecular flexibility index (Phi) is 3.83. The van der Waals surface area contributed by atoms with E-state index in [1.54, 1.807) is 0 Å². The van der Waals surface area contributed by atoms with Crippen LogP contribution >= 0.6 is 0 Å². The van der Waals surface area contributed by atoms with Gasteiger partial charge < -0.3 is 9.97 Å². The smallest absolute Gasteiger partial charge is 0.283 e. The molecule has 0 radical (unpaired) electrons.